The van der Waals surface area contributed by atoms with Crippen LogP contribution in [0.25, 0.3) is 0 Å². The molecule has 2 N–H and O–H groups in total. The molecule has 8 nitrogen and oxygen atoms in total. The largest absolute Gasteiger partial charge is 0.347 e. The summed E-state index contributed by atoms with van der Waals surface area (Å²) in [5.74, 6) is 0.254. The number of aromatic nitrogens is 2. The second-order valence-corrected chi connectivity index (χ2v) is 6.66. The second-order valence-electron chi connectivity index (χ2n) is 4.98. The van der Waals surface area contributed by atoms with Gasteiger partial charge in [0, 0.05) is 26.7 Å². The maximum atomic E-state index is 12.3. The van der Waals surface area contributed by atoms with E-state index in [0.717, 1.165) is 0 Å². The van der Waals surface area contributed by atoms with Crippen molar-refractivity contribution >= 4 is 33.3 Å². The number of benzene rings is 1. The molecule has 0 radical (unpaired) electrons. The zero-order valence-electron chi connectivity index (χ0n) is 12.9. The first kappa shape index (κ1) is 16.7. The summed E-state index contributed by atoms with van der Waals surface area (Å²) >= 11 is 0. The van der Waals surface area contributed by atoms with Crippen molar-refractivity contribution in [1.82, 2.24) is 9.97 Å². The van der Waals surface area contributed by atoms with Gasteiger partial charge in [0.05, 0.1) is 23.0 Å². The highest BCUT2D eigenvalue weighted by Crippen LogP contribution is 2.18. The lowest BCUT2D eigenvalue weighted by atomic mass is 10.3. The Kier molecular flexibility index (Phi) is 4.80. The van der Waals surface area contributed by atoms with Gasteiger partial charge < -0.3 is 10.2 Å². The number of nitrogens with one attached hydrogen (secondary N) is 2. The van der Waals surface area contributed by atoms with Crippen molar-refractivity contribution in [2.75, 3.05) is 29.0 Å². The number of amides is 1. The lowest BCUT2D eigenvalue weighted by molar-refractivity contribution is -0.114. The standard InChI is InChI=1S/C14H17N5O3S/c1-10(20)17-11-4-6-13(7-5-11)23(21,22)18-12-8-15-14(16-9-12)19(2)3/h4-9,18H,1-3H3,(H,17,20). The summed E-state index contributed by atoms with van der Waals surface area (Å²) in [5, 5.41) is 2.57. The van der Waals surface area contributed by atoms with Crippen molar-refractivity contribution in [3.63, 3.8) is 0 Å². The van der Waals surface area contributed by atoms with E-state index < -0.39 is 10.0 Å². The number of rotatable bonds is 5. The average molecular weight is 335 g/mol. The highest BCUT2D eigenvalue weighted by Gasteiger charge is 2.14. The van der Waals surface area contributed by atoms with Crippen LogP contribution in [0.3, 0.4) is 0 Å². The highest BCUT2D eigenvalue weighted by molar-refractivity contribution is 7.92. The van der Waals surface area contributed by atoms with E-state index in [-0.39, 0.29) is 16.5 Å². The SMILES string of the molecule is CC(=O)Nc1ccc(S(=O)(=O)Nc2cnc(N(C)C)nc2)cc1. The molecular weight excluding hydrogens is 318 g/mol. The van der Waals surface area contributed by atoms with Gasteiger partial charge in [-0.05, 0) is 24.3 Å². The van der Waals surface area contributed by atoms with Crippen LogP contribution in [-0.4, -0.2) is 38.4 Å². The van der Waals surface area contributed by atoms with Crippen molar-refractivity contribution in [1.29, 1.82) is 0 Å². The molecule has 23 heavy (non-hydrogen) atoms. The Hall–Kier alpha value is -2.68. The van der Waals surface area contributed by atoms with E-state index in [1.165, 1.54) is 43.6 Å². The number of sulfonamides is 1. The van der Waals surface area contributed by atoms with Crippen LogP contribution in [0.15, 0.2) is 41.6 Å². The Morgan fingerprint density at radius 2 is 1.61 bits per heavy atom. The molecule has 0 aliphatic heterocycles. The minimum absolute atomic E-state index is 0.0725. The van der Waals surface area contributed by atoms with Crippen LogP contribution in [0.5, 0.6) is 0 Å². The van der Waals surface area contributed by atoms with E-state index in [2.05, 4.69) is 20.0 Å². The molecule has 1 amide bonds. The predicted molar refractivity (Wildman–Crippen MR) is 87.9 cm³/mol. The smallest absolute Gasteiger partial charge is 0.261 e. The lowest BCUT2D eigenvalue weighted by Crippen LogP contribution is -2.15. The van der Waals surface area contributed by atoms with E-state index >= 15 is 0 Å². The van der Waals surface area contributed by atoms with Gasteiger partial charge in [0.25, 0.3) is 10.0 Å². The Bertz CT molecular complexity index is 786. The van der Waals surface area contributed by atoms with E-state index in [4.69, 9.17) is 0 Å². The van der Waals surface area contributed by atoms with Gasteiger partial charge in [-0.15, -0.1) is 0 Å². The molecule has 0 saturated carbocycles. The van der Waals surface area contributed by atoms with Crippen molar-refractivity contribution in [3.05, 3.63) is 36.7 Å². The van der Waals surface area contributed by atoms with Crippen LogP contribution < -0.4 is 14.9 Å². The Labute approximate surface area is 134 Å². The van der Waals surface area contributed by atoms with Crippen molar-refractivity contribution in [2.24, 2.45) is 0 Å². The van der Waals surface area contributed by atoms with Crippen LogP contribution in [0.1, 0.15) is 6.92 Å². The number of anilines is 3. The van der Waals surface area contributed by atoms with Crippen LogP contribution in [0.4, 0.5) is 17.3 Å². The summed E-state index contributed by atoms with van der Waals surface area (Å²) in [5.41, 5.74) is 0.789. The molecule has 0 saturated heterocycles. The minimum Gasteiger partial charge on any atom is -0.347 e. The van der Waals surface area contributed by atoms with E-state index in [1.807, 2.05) is 0 Å². The molecule has 122 valence electrons. The molecule has 0 aliphatic rings. The molecule has 1 heterocycles. The summed E-state index contributed by atoms with van der Waals surface area (Å²) in [6.45, 7) is 1.38. The van der Waals surface area contributed by atoms with Gasteiger partial charge in [0.2, 0.25) is 11.9 Å². The third-order valence-electron chi connectivity index (χ3n) is 2.78. The van der Waals surface area contributed by atoms with Gasteiger partial charge in [-0.3, -0.25) is 9.52 Å². The van der Waals surface area contributed by atoms with Gasteiger partial charge in [-0.25, -0.2) is 18.4 Å². The van der Waals surface area contributed by atoms with Gasteiger partial charge in [0.1, 0.15) is 0 Å². The third kappa shape index (κ3) is 4.39. The molecular formula is C14H17N5O3S. The van der Waals surface area contributed by atoms with Crippen LogP contribution >= 0.6 is 0 Å². The molecule has 0 atom stereocenters. The quantitative estimate of drug-likeness (QED) is 0.853. The summed E-state index contributed by atoms with van der Waals surface area (Å²) < 4.78 is 27.0. The van der Waals surface area contributed by atoms with Gasteiger partial charge in [-0.2, -0.15) is 0 Å². The van der Waals surface area contributed by atoms with Gasteiger partial charge in [-0.1, -0.05) is 0 Å². The lowest BCUT2D eigenvalue weighted by Gasteiger charge is -2.11. The number of carbonyl (C=O) groups excluding carboxylic acids is 1. The van der Waals surface area contributed by atoms with Crippen molar-refractivity contribution in [3.8, 4) is 0 Å². The van der Waals surface area contributed by atoms with E-state index in [9.17, 15) is 13.2 Å². The molecule has 1 aromatic carbocycles. The first-order valence-corrected chi connectivity index (χ1v) is 8.16. The Morgan fingerprint density at radius 3 is 2.09 bits per heavy atom. The van der Waals surface area contributed by atoms with Crippen molar-refractivity contribution < 1.29 is 13.2 Å². The summed E-state index contributed by atoms with van der Waals surface area (Å²) in [7, 11) is -0.173. The monoisotopic (exact) mass is 335 g/mol. The van der Waals surface area contributed by atoms with Crippen LogP contribution in [0, 0.1) is 0 Å². The molecule has 0 bridgehead atoms. The van der Waals surface area contributed by atoms with Crippen LogP contribution in [-0.2, 0) is 14.8 Å². The summed E-state index contributed by atoms with van der Waals surface area (Å²) in [4.78, 5) is 20.8. The number of hydrogen-bond acceptors (Lipinski definition) is 6. The number of hydrogen-bond donors (Lipinski definition) is 2. The van der Waals surface area contributed by atoms with E-state index in [0.29, 0.717) is 11.6 Å². The molecule has 1 aromatic heterocycles. The molecule has 2 rings (SSSR count). The minimum atomic E-state index is -3.75. The molecule has 2 aromatic rings. The predicted octanol–water partition coefficient (Wildman–Crippen LogP) is 1.30. The Morgan fingerprint density at radius 1 is 1.04 bits per heavy atom. The topological polar surface area (TPSA) is 104 Å². The number of nitrogens with zero attached hydrogens (tertiary/aromatic N) is 3. The average Bonchev–Trinajstić information content (AvgIpc) is 2.47. The van der Waals surface area contributed by atoms with Gasteiger partial charge in [0.15, 0.2) is 0 Å². The fourth-order valence-corrected chi connectivity index (χ4v) is 2.77. The first-order valence-electron chi connectivity index (χ1n) is 6.68. The maximum absolute atomic E-state index is 12.3. The van der Waals surface area contributed by atoms with E-state index in [1.54, 1.807) is 19.0 Å². The zero-order valence-corrected chi connectivity index (χ0v) is 13.8. The molecule has 9 heteroatoms. The van der Waals surface area contributed by atoms with Crippen molar-refractivity contribution in [2.45, 2.75) is 11.8 Å². The second kappa shape index (κ2) is 6.61. The van der Waals surface area contributed by atoms with Gasteiger partial charge >= 0.3 is 0 Å². The van der Waals surface area contributed by atoms with Crippen LogP contribution in [0.2, 0.25) is 0 Å². The molecule has 0 spiro atoms. The Balaban J connectivity index is 2.16. The fraction of sp³-hybridized carbons (Fsp3) is 0.214. The first-order chi connectivity index (χ1) is 10.8. The third-order valence-corrected chi connectivity index (χ3v) is 4.17. The molecule has 0 fully saturated rings. The molecule has 0 aliphatic carbocycles. The normalized spacial score (nSPS) is 10.9. The molecule has 0 unspecified atom stereocenters. The maximum Gasteiger partial charge on any atom is 0.261 e. The zero-order chi connectivity index (χ0) is 17.0. The summed E-state index contributed by atoms with van der Waals surface area (Å²) in [6, 6.07) is 5.84. The highest BCUT2D eigenvalue weighted by atomic mass is 32.2. The number of carbonyl (C=O) groups is 1. The summed E-state index contributed by atoms with van der Waals surface area (Å²) in [6.07, 6.45) is 2.79. The fourth-order valence-electron chi connectivity index (χ4n) is 1.74.